The number of piperidine rings is 1. The molecule has 0 spiro atoms. The second-order valence-corrected chi connectivity index (χ2v) is 6.96. The number of anilines is 1. The summed E-state index contributed by atoms with van der Waals surface area (Å²) in [5.41, 5.74) is 1.15. The fourth-order valence-electron chi connectivity index (χ4n) is 2.88. The molecular weight excluding hydrogens is 308 g/mol. The molecule has 24 heavy (non-hydrogen) atoms. The van der Waals surface area contributed by atoms with Crippen LogP contribution in [0.2, 0.25) is 0 Å². The van der Waals surface area contributed by atoms with E-state index in [2.05, 4.69) is 10.6 Å². The molecule has 6 nitrogen and oxygen atoms in total. The smallest absolute Gasteiger partial charge is 0.412 e. The maximum atomic E-state index is 12.1. The van der Waals surface area contributed by atoms with Crippen LogP contribution in [-0.2, 0) is 4.74 Å². The van der Waals surface area contributed by atoms with Crippen molar-refractivity contribution in [2.75, 3.05) is 32.6 Å². The van der Waals surface area contributed by atoms with Crippen molar-refractivity contribution in [2.45, 2.75) is 45.1 Å². The van der Waals surface area contributed by atoms with E-state index in [-0.39, 0.29) is 0 Å². The molecule has 1 aliphatic rings. The number of benzene rings is 1. The summed E-state index contributed by atoms with van der Waals surface area (Å²) in [6, 6.07) is 3.95. The van der Waals surface area contributed by atoms with Crippen molar-refractivity contribution in [3.63, 3.8) is 0 Å². The van der Waals surface area contributed by atoms with E-state index >= 15 is 0 Å². The third-order valence-corrected chi connectivity index (χ3v) is 3.95. The van der Waals surface area contributed by atoms with E-state index in [0.29, 0.717) is 23.1 Å². The molecule has 0 radical (unpaired) electrons. The van der Waals surface area contributed by atoms with Gasteiger partial charge in [-0.3, -0.25) is 5.32 Å². The first kappa shape index (κ1) is 18.4. The number of nitrogens with one attached hydrogen (secondary N) is 2. The summed E-state index contributed by atoms with van der Waals surface area (Å²) in [5.74, 6) is 1.55. The largest absolute Gasteiger partial charge is 0.493 e. The standard InChI is InChI=1S/C18H28N2O4/c1-18(2,3)24-17(21)20-14-10-13(12-6-8-19-9-7-12)11-15(22-4)16(14)23-5/h10-12,19H,6-9H2,1-5H3,(H,20,21). The SMILES string of the molecule is COc1cc(C2CCNCC2)cc(NC(=O)OC(C)(C)C)c1OC. The number of hydrogen-bond acceptors (Lipinski definition) is 5. The fourth-order valence-corrected chi connectivity index (χ4v) is 2.88. The van der Waals surface area contributed by atoms with Crippen LogP contribution in [0.4, 0.5) is 10.5 Å². The molecule has 6 heteroatoms. The first-order valence-electron chi connectivity index (χ1n) is 8.30. The van der Waals surface area contributed by atoms with Crippen LogP contribution < -0.4 is 20.1 Å². The molecule has 0 aliphatic carbocycles. The van der Waals surface area contributed by atoms with Crippen molar-refractivity contribution in [1.82, 2.24) is 5.32 Å². The molecule has 0 unspecified atom stereocenters. The molecule has 1 amide bonds. The Hall–Kier alpha value is -1.95. The number of carbonyl (C=O) groups excluding carboxylic acids is 1. The minimum Gasteiger partial charge on any atom is -0.493 e. The van der Waals surface area contributed by atoms with Gasteiger partial charge >= 0.3 is 6.09 Å². The summed E-state index contributed by atoms with van der Waals surface area (Å²) in [5, 5.41) is 6.15. The maximum absolute atomic E-state index is 12.1. The Morgan fingerprint density at radius 2 is 1.83 bits per heavy atom. The van der Waals surface area contributed by atoms with Gasteiger partial charge in [-0.15, -0.1) is 0 Å². The molecule has 1 fully saturated rings. The Labute approximate surface area is 143 Å². The minimum absolute atomic E-state index is 0.435. The maximum Gasteiger partial charge on any atom is 0.412 e. The minimum atomic E-state index is -0.561. The van der Waals surface area contributed by atoms with Gasteiger partial charge in [0, 0.05) is 0 Å². The van der Waals surface area contributed by atoms with Gasteiger partial charge in [0.05, 0.1) is 19.9 Å². The van der Waals surface area contributed by atoms with Crippen molar-refractivity contribution < 1.29 is 19.0 Å². The summed E-state index contributed by atoms with van der Waals surface area (Å²) in [4.78, 5) is 12.1. The number of ether oxygens (including phenoxy) is 3. The van der Waals surface area contributed by atoms with Crippen molar-refractivity contribution in [3.8, 4) is 11.5 Å². The van der Waals surface area contributed by atoms with E-state index in [1.165, 1.54) is 0 Å². The van der Waals surface area contributed by atoms with Gasteiger partial charge in [0.1, 0.15) is 5.60 Å². The lowest BCUT2D eigenvalue weighted by Gasteiger charge is -2.25. The van der Waals surface area contributed by atoms with E-state index in [1.807, 2.05) is 32.9 Å². The zero-order chi connectivity index (χ0) is 17.7. The highest BCUT2D eigenvalue weighted by molar-refractivity contribution is 5.88. The molecule has 1 aromatic carbocycles. The summed E-state index contributed by atoms with van der Waals surface area (Å²) >= 11 is 0. The fraction of sp³-hybridized carbons (Fsp3) is 0.611. The molecule has 0 aromatic heterocycles. The molecule has 1 aliphatic heterocycles. The topological polar surface area (TPSA) is 68.8 Å². The second-order valence-electron chi connectivity index (χ2n) is 6.96. The number of rotatable bonds is 4. The summed E-state index contributed by atoms with van der Waals surface area (Å²) in [6.45, 7) is 7.48. The van der Waals surface area contributed by atoms with Crippen LogP contribution in [-0.4, -0.2) is 39.0 Å². The first-order chi connectivity index (χ1) is 11.3. The number of methoxy groups -OCH3 is 2. The van der Waals surface area contributed by atoms with Gasteiger partial charge in [0.2, 0.25) is 0 Å². The van der Waals surface area contributed by atoms with E-state index in [9.17, 15) is 4.79 Å². The highest BCUT2D eigenvalue weighted by Gasteiger charge is 2.23. The van der Waals surface area contributed by atoms with Crippen molar-refractivity contribution in [3.05, 3.63) is 17.7 Å². The zero-order valence-corrected chi connectivity index (χ0v) is 15.2. The van der Waals surface area contributed by atoms with Gasteiger partial charge < -0.3 is 19.5 Å². The highest BCUT2D eigenvalue weighted by Crippen LogP contribution is 2.40. The predicted octanol–water partition coefficient (Wildman–Crippen LogP) is 3.52. The normalized spacial score (nSPS) is 15.7. The Bertz CT molecular complexity index is 575. The second kappa shape index (κ2) is 7.75. The monoisotopic (exact) mass is 336 g/mol. The van der Waals surface area contributed by atoms with E-state index < -0.39 is 11.7 Å². The Balaban J connectivity index is 2.31. The molecule has 1 heterocycles. The van der Waals surface area contributed by atoms with Crippen LogP contribution in [0, 0.1) is 0 Å². The summed E-state index contributed by atoms with van der Waals surface area (Å²) in [7, 11) is 3.16. The number of amides is 1. The van der Waals surface area contributed by atoms with E-state index in [4.69, 9.17) is 14.2 Å². The number of carbonyl (C=O) groups is 1. The van der Waals surface area contributed by atoms with Crippen molar-refractivity contribution >= 4 is 11.8 Å². The van der Waals surface area contributed by atoms with Gasteiger partial charge in [-0.2, -0.15) is 0 Å². The van der Waals surface area contributed by atoms with Gasteiger partial charge in [0.15, 0.2) is 11.5 Å². The van der Waals surface area contributed by atoms with Gasteiger partial charge in [-0.1, -0.05) is 0 Å². The molecular formula is C18H28N2O4. The van der Waals surface area contributed by atoms with Crippen molar-refractivity contribution in [2.24, 2.45) is 0 Å². The lowest BCUT2D eigenvalue weighted by atomic mass is 9.89. The predicted molar refractivity (Wildman–Crippen MR) is 94.2 cm³/mol. The third-order valence-electron chi connectivity index (χ3n) is 3.95. The molecule has 2 rings (SSSR count). The van der Waals surface area contributed by atoms with Gasteiger partial charge in [-0.25, -0.2) is 4.79 Å². The van der Waals surface area contributed by atoms with Crippen molar-refractivity contribution in [1.29, 1.82) is 0 Å². The molecule has 0 atom stereocenters. The molecule has 2 N–H and O–H groups in total. The Morgan fingerprint density at radius 1 is 1.17 bits per heavy atom. The molecule has 0 saturated carbocycles. The molecule has 1 saturated heterocycles. The quantitative estimate of drug-likeness (QED) is 0.880. The first-order valence-corrected chi connectivity index (χ1v) is 8.30. The van der Waals surface area contributed by atoms with Crippen LogP contribution in [0.5, 0.6) is 11.5 Å². The lowest BCUT2D eigenvalue weighted by molar-refractivity contribution is 0.0635. The van der Waals surface area contributed by atoms with Gasteiger partial charge in [-0.05, 0) is 70.3 Å². The summed E-state index contributed by atoms with van der Waals surface area (Å²) in [6.07, 6.45) is 1.60. The average Bonchev–Trinajstić information content (AvgIpc) is 2.53. The number of hydrogen-bond donors (Lipinski definition) is 2. The lowest BCUT2D eigenvalue weighted by Crippen LogP contribution is -2.28. The molecule has 134 valence electrons. The molecule has 1 aromatic rings. The van der Waals surface area contributed by atoms with Crippen LogP contribution in [0.25, 0.3) is 0 Å². The molecule has 0 bridgehead atoms. The average molecular weight is 336 g/mol. The third kappa shape index (κ3) is 4.77. The van der Waals surface area contributed by atoms with E-state index in [1.54, 1.807) is 14.2 Å². The van der Waals surface area contributed by atoms with Crippen LogP contribution in [0.1, 0.15) is 45.1 Å². The Kier molecular flexibility index (Phi) is 5.94. The zero-order valence-electron chi connectivity index (χ0n) is 15.2. The van der Waals surface area contributed by atoms with Crippen LogP contribution >= 0.6 is 0 Å². The summed E-state index contributed by atoms with van der Waals surface area (Å²) < 4.78 is 16.2. The Morgan fingerprint density at radius 3 is 2.38 bits per heavy atom. The van der Waals surface area contributed by atoms with Crippen LogP contribution in [0.3, 0.4) is 0 Å². The van der Waals surface area contributed by atoms with E-state index in [0.717, 1.165) is 31.5 Å². The highest BCUT2D eigenvalue weighted by atomic mass is 16.6. The van der Waals surface area contributed by atoms with Crippen LogP contribution in [0.15, 0.2) is 12.1 Å². The van der Waals surface area contributed by atoms with Gasteiger partial charge in [0.25, 0.3) is 0 Å².